The van der Waals surface area contributed by atoms with Crippen LogP contribution in [0.5, 0.6) is 0 Å². The molecule has 6 heteroatoms. The fraction of sp³-hybridized carbons (Fsp3) is 0.188. The van der Waals surface area contributed by atoms with Crippen molar-refractivity contribution in [3.63, 3.8) is 0 Å². The van der Waals surface area contributed by atoms with Crippen LogP contribution in [0.3, 0.4) is 0 Å². The minimum absolute atomic E-state index is 0.228. The minimum atomic E-state index is -0.261. The summed E-state index contributed by atoms with van der Waals surface area (Å²) in [5.74, 6) is 0.551. The maximum absolute atomic E-state index is 12.4. The van der Waals surface area contributed by atoms with E-state index in [1.807, 2.05) is 24.3 Å². The summed E-state index contributed by atoms with van der Waals surface area (Å²) in [6.45, 7) is 4.14. The number of imidazole rings is 1. The highest BCUT2D eigenvalue weighted by atomic mass is 16.2. The largest absolute Gasteiger partial charge is 0.350 e. The van der Waals surface area contributed by atoms with Gasteiger partial charge >= 0.3 is 0 Å². The lowest BCUT2D eigenvalue weighted by molar-refractivity contribution is 0.0949. The summed E-state index contributed by atoms with van der Waals surface area (Å²) in [5, 5.41) is 4.99. The van der Waals surface area contributed by atoms with E-state index in [0.717, 1.165) is 16.5 Å². The molecule has 0 aliphatic heterocycles. The first-order valence-electron chi connectivity index (χ1n) is 7.10. The van der Waals surface area contributed by atoms with Gasteiger partial charge in [0.1, 0.15) is 11.5 Å². The van der Waals surface area contributed by atoms with Gasteiger partial charge in [0.2, 0.25) is 0 Å². The van der Waals surface area contributed by atoms with Crippen molar-refractivity contribution in [3.05, 3.63) is 53.7 Å². The number of hydrogen-bond acceptors (Lipinski definition) is 3. The van der Waals surface area contributed by atoms with Gasteiger partial charge in [-0.2, -0.15) is 5.10 Å². The van der Waals surface area contributed by atoms with Gasteiger partial charge in [0.25, 0.3) is 5.91 Å². The van der Waals surface area contributed by atoms with Gasteiger partial charge < -0.3 is 9.97 Å². The van der Waals surface area contributed by atoms with Crippen LogP contribution < -0.4 is 5.43 Å². The number of aromatic nitrogens is 3. The second-order valence-corrected chi connectivity index (χ2v) is 5.29. The third kappa shape index (κ3) is 2.63. The zero-order chi connectivity index (χ0) is 15.5. The molecule has 112 valence electrons. The van der Waals surface area contributed by atoms with Gasteiger partial charge in [0, 0.05) is 23.3 Å². The molecule has 0 aliphatic carbocycles. The Kier molecular flexibility index (Phi) is 3.74. The van der Waals surface area contributed by atoms with Crippen molar-refractivity contribution in [2.45, 2.75) is 19.8 Å². The number of carbonyl (C=O) groups is 1. The molecule has 3 N–H and O–H groups in total. The van der Waals surface area contributed by atoms with Crippen LogP contribution in [-0.2, 0) is 0 Å². The monoisotopic (exact) mass is 295 g/mol. The van der Waals surface area contributed by atoms with Gasteiger partial charge in [-0.25, -0.2) is 10.4 Å². The number of hydrazone groups is 1. The summed E-state index contributed by atoms with van der Waals surface area (Å²) >= 11 is 0. The molecule has 0 bridgehead atoms. The number of rotatable bonds is 4. The lowest BCUT2D eigenvalue weighted by Gasteiger charge is -2.06. The maximum Gasteiger partial charge on any atom is 0.288 e. The summed E-state index contributed by atoms with van der Waals surface area (Å²) in [7, 11) is 0. The molecule has 0 spiro atoms. The second-order valence-electron chi connectivity index (χ2n) is 5.29. The van der Waals surface area contributed by atoms with Crippen molar-refractivity contribution < 1.29 is 4.79 Å². The molecule has 0 unspecified atom stereocenters. The molecule has 0 atom stereocenters. The minimum Gasteiger partial charge on any atom is -0.350 e. The number of amides is 1. The SMILES string of the molecule is CC(C)c1c(C(=O)NN=Cc2ncc[nH]2)[nH]c2ccccc12. The number of nitrogens with zero attached hydrogens (tertiary/aromatic N) is 2. The Morgan fingerprint density at radius 3 is 2.91 bits per heavy atom. The zero-order valence-corrected chi connectivity index (χ0v) is 12.4. The third-order valence-electron chi connectivity index (χ3n) is 3.42. The van der Waals surface area contributed by atoms with E-state index in [0.29, 0.717) is 11.5 Å². The topological polar surface area (TPSA) is 85.9 Å². The normalized spacial score (nSPS) is 11.6. The molecular weight excluding hydrogens is 278 g/mol. The predicted molar refractivity (Wildman–Crippen MR) is 86.0 cm³/mol. The average molecular weight is 295 g/mol. The second kappa shape index (κ2) is 5.85. The molecule has 1 aromatic carbocycles. The highest BCUT2D eigenvalue weighted by molar-refractivity contribution is 6.01. The van der Waals surface area contributed by atoms with E-state index in [4.69, 9.17) is 0 Å². The van der Waals surface area contributed by atoms with Gasteiger partial charge in [0.05, 0.1) is 6.21 Å². The molecule has 2 aromatic heterocycles. The van der Waals surface area contributed by atoms with Gasteiger partial charge in [-0.1, -0.05) is 32.0 Å². The van der Waals surface area contributed by atoms with E-state index in [-0.39, 0.29) is 11.8 Å². The number of H-pyrrole nitrogens is 2. The standard InChI is InChI=1S/C16H17N5O/c1-10(2)14-11-5-3-4-6-12(11)20-15(14)16(22)21-19-9-13-17-7-8-18-13/h3-10,20H,1-2H3,(H,17,18)(H,21,22). The molecular formula is C16H17N5O. The number of carbonyl (C=O) groups excluding carboxylic acids is 1. The van der Waals surface area contributed by atoms with Crippen LogP contribution in [0, 0.1) is 0 Å². The zero-order valence-electron chi connectivity index (χ0n) is 12.4. The predicted octanol–water partition coefficient (Wildman–Crippen LogP) is 2.78. The van der Waals surface area contributed by atoms with E-state index in [1.165, 1.54) is 6.21 Å². The summed E-state index contributed by atoms with van der Waals surface area (Å²) < 4.78 is 0. The summed E-state index contributed by atoms with van der Waals surface area (Å²) in [6, 6.07) is 7.90. The lowest BCUT2D eigenvalue weighted by Crippen LogP contribution is -2.20. The highest BCUT2D eigenvalue weighted by Crippen LogP contribution is 2.28. The first kappa shape index (κ1) is 14.1. The van der Waals surface area contributed by atoms with E-state index in [9.17, 15) is 4.79 Å². The van der Waals surface area contributed by atoms with Gasteiger partial charge in [-0.3, -0.25) is 4.79 Å². The smallest absolute Gasteiger partial charge is 0.288 e. The molecule has 22 heavy (non-hydrogen) atoms. The van der Waals surface area contributed by atoms with Crippen LogP contribution >= 0.6 is 0 Å². The van der Waals surface area contributed by atoms with Crippen LogP contribution in [0.15, 0.2) is 41.8 Å². The molecule has 1 amide bonds. The third-order valence-corrected chi connectivity index (χ3v) is 3.42. The Hall–Kier alpha value is -2.89. The fourth-order valence-corrected chi connectivity index (χ4v) is 2.50. The summed E-state index contributed by atoms with van der Waals surface area (Å²) in [5.41, 5.74) is 5.03. The highest BCUT2D eigenvalue weighted by Gasteiger charge is 2.19. The quantitative estimate of drug-likeness (QED) is 0.510. The Balaban J connectivity index is 1.88. The van der Waals surface area contributed by atoms with Crippen LogP contribution in [0.25, 0.3) is 10.9 Å². The van der Waals surface area contributed by atoms with Crippen LogP contribution in [0.1, 0.15) is 41.6 Å². The first-order chi connectivity index (χ1) is 10.7. The molecule has 0 radical (unpaired) electrons. The first-order valence-corrected chi connectivity index (χ1v) is 7.10. The van der Waals surface area contributed by atoms with Crippen LogP contribution in [0.2, 0.25) is 0 Å². The van der Waals surface area contributed by atoms with Gasteiger partial charge in [-0.05, 0) is 17.5 Å². The van der Waals surface area contributed by atoms with Crippen molar-refractivity contribution >= 4 is 23.0 Å². The molecule has 3 aromatic rings. The molecule has 2 heterocycles. The lowest BCUT2D eigenvalue weighted by atomic mass is 9.99. The Bertz CT molecular complexity index is 814. The number of hydrogen-bond donors (Lipinski definition) is 3. The van der Waals surface area contributed by atoms with Crippen molar-refractivity contribution in [3.8, 4) is 0 Å². The number of nitrogens with one attached hydrogen (secondary N) is 3. The molecule has 3 rings (SSSR count). The van der Waals surface area contributed by atoms with E-state index < -0.39 is 0 Å². The molecule has 0 aliphatic rings. The van der Waals surface area contributed by atoms with Crippen molar-refractivity contribution in [2.75, 3.05) is 0 Å². The average Bonchev–Trinajstić information content (AvgIpc) is 3.13. The fourth-order valence-electron chi connectivity index (χ4n) is 2.50. The van der Waals surface area contributed by atoms with E-state index >= 15 is 0 Å². The number of benzene rings is 1. The maximum atomic E-state index is 12.4. The number of aromatic amines is 2. The van der Waals surface area contributed by atoms with Crippen molar-refractivity contribution in [1.29, 1.82) is 0 Å². The van der Waals surface area contributed by atoms with Gasteiger partial charge in [-0.15, -0.1) is 0 Å². The van der Waals surface area contributed by atoms with Crippen LogP contribution in [-0.4, -0.2) is 27.1 Å². The van der Waals surface area contributed by atoms with Crippen molar-refractivity contribution in [2.24, 2.45) is 5.10 Å². The van der Waals surface area contributed by atoms with E-state index in [1.54, 1.807) is 12.4 Å². The Morgan fingerprint density at radius 2 is 2.18 bits per heavy atom. The summed E-state index contributed by atoms with van der Waals surface area (Å²) in [4.78, 5) is 22.4. The molecule has 0 saturated carbocycles. The molecule has 0 saturated heterocycles. The summed E-state index contributed by atoms with van der Waals surface area (Å²) in [6.07, 6.45) is 4.78. The molecule has 0 fully saturated rings. The Labute approximate surface area is 127 Å². The number of fused-ring (bicyclic) bond motifs is 1. The number of para-hydroxylation sites is 1. The van der Waals surface area contributed by atoms with Crippen molar-refractivity contribution in [1.82, 2.24) is 20.4 Å². The van der Waals surface area contributed by atoms with Gasteiger partial charge in [0.15, 0.2) is 0 Å². The Morgan fingerprint density at radius 1 is 1.36 bits per heavy atom. The van der Waals surface area contributed by atoms with Crippen LogP contribution in [0.4, 0.5) is 0 Å². The van der Waals surface area contributed by atoms with E-state index in [2.05, 4.69) is 39.3 Å². The molecule has 6 nitrogen and oxygen atoms in total.